The molecule has 5 nitrogen and oxygen atoms in total. The van der Waals surface area contributed by atoms with E-state index in [1.54, 1.807) is 0 Å². The van der Waals surface area contributed by atoms with E-state index in [0.717, 1.165) is 49.3 Å². The number of carbonyl (C=O) groups excluding carboxylic acids is 1. The predicted molar refractivity (Wildman–Crippen MR) is 87.1 cm³/mol. The van der Waals surface area contributed by atoms with Crippen molar-refractivity contribution in [3.05, 3.63) is 23.8 Å². The van der Waals surface area contributed by atoms with Crippen molar-refractivity contribution in [3.8, 4) is 11.5 Å². The average Bonchev–Trinajstić information content (AvgIpc) is 3.05. The molecule has 2 aliphatic rings. The number of ether oxygens (including phenoxy) is 3. The lowest BCUT2D eigenvalue weighted by molar-refractivity contribution is -0.150. The van der Waals surface area contributed by atoms with Crippen molar-refractivity contribution < 1.29 is 19.0 Å². The van der Waals surface area contributed by atoms with Crippen LogP contribution in [-0.4, -0.2) is 51.3 Å². The maximum absolute atomic E-state index is 12.8. The molecule has 1 fully saturated rings. The molecular weight excluding hydrogens is 294 g/mol. The summed E-state index contributed by atoms with van der Waals surface area (Å²) < 4.78 is 16.8. The number of carbonyl (C=O) groups is 1. The van der Waals surface area contributed by atoms with E-state index >= 15 is 0 Å². The summed E-state index contributed by atoms with van der Waals surface area (Å²) in [5.41, 5.74) is 0.469. The lowest BCUT2D eigenvalue weighted by Crippen LogP contribution is -2.36. The van der Waals surface area contributed by atoms with Crippen LogP contribution in [0.1, 0.15) is 31.2 Å². The largest absolute Gasteiger partial charge is 0.486 e. The number of rotatable bonds is 5. The molecule has 1 aliphatic heterocycles. The summed E-state index contributed by atoms with van der Waals surface area (Å²) in [5.74, 6) is 1.39. The Labute approximate surface area is 137 Å². The van der Waals surface area contributed by atoms with Gasteiger partial charge in [-0.15, -0.1) is 0 Å². The molecule has 0 bridgehead atoms. The molecule has 0 saturated heterocycles. The van der Waals surface area contributed by atoms with Gasteiger partial charge in [-0.2, -0.15) is 0 Å². The second kappa shape index (κ2) is 6.79. The highest BCUT2D eigenvalue weighted by molar-refractivity contribution is 5.84. The third-order valence-electron chi connectivity index (χ3n) is 4.71. The van der Waals surface area contributed by atoms with E-state index in [4.69, 9.17) is 14.2 Å². The van der Waals surface area contributed by atoms with Crippen LogP contribution < -0.4 is 9.47 Å². The van der Waals surface area contributed by atoms with E-state index in [9.17, 15) is 4.79 Å². The summed E-state index contributed by atoms with van der Waals surface area (Å²) in [6.07, 6.45) is 3.79. The molecule has 0 atom stereocenters. The summed E-state index contributed by atoms with van der Waals surface area (Å²) in [7, 11) is 3.94. The molecule has 1 aliphatic carbocycles. The maximum atomic E-state index is 12.8. The van der Waals surface area contributed by atoms with Gasteiger partial charge in [-0.1, -0.05) is 18.9 Å². The molecule has 23 heavy (non-hydrogen) atoms. The van der Waals surface area contributed by atoms with Gasteiger partial charge >= 0.3 is 5.97 Å². The lowest BCUT2D eigenvalue weighted by Gasteiger charge is -2.29. The molecule has 1 aromatic carbocycles. The number of nitrogens with zero attached hydrogens (tertiary/aromatic N) is 1. The van der Waals surface area contributed by atoms with Gasteiger partial charge in [-0.3, -0.25) is 4.79 Å². The molecule has 5 heteroatoms. The third-order valence-corrected chi connectivity index (χ3v) is 4.71. The standard InChI is InChI=1S/C18H25NO4/c1-19(2)9-10-23-17(20)18(7-3-4-8-18)14-5-6-15-16(13-14)22-12-11-21-15/h5-6,13H,3-4,7-12H2,1-2H3. The van der Waals surface area contributed by atoms with Crippen molar-refractivity contribution in [2.75, 3.05) is 40.5 Å². The molecule has 0 spiro atoms. The van der Waals surface area contributed by atoms with E-state index in [1.807, 2.05) is 37.2 Å². The Kier molecular flexibility index (Phi) is 4.76. The Bertz CT molecular complexity index is 564. The van der Waals surface area contributed by atoms with Gasteiger partial charge in [0.2, 0.25) is 0 Å². The molecule has 3 rings (SSSR count). The molecule has 0 aromatic heterocycles. The summed E-state index contributed by atoms with van der Waals surface area (Å²) in [6.45, 7) is 2.29. The second-order valence-electron chi connectivity index (χ2n) is 6.59. The first kappa shape index (κ1) is 16.1. The van der Waals surface area contributed by atoms with Crippen LogP contribution >= 0.6 is 0 Å². The molecular formula is C18H25NO4. The van der Waals surface area contributed by atoms with Crippen LogP contribution in [0, 0.1) is 0 Å². The fraction of sp³-hybridized carbons (Fsp3) is 0.611. The number of benzene rings is 1. The zero-order valence-corrected chi connectivity index (χ0v) is 14.0. The summed E-state index contributed by atoms with van der Waals surface area (Å²) >= 11 is 0. The van der Waals surface area contributed by atoms with Crippen LogP contribution in [0.2, 0.25) is 0 Å². The van der Waals surface area contributed by atoms with Gasteiger partial charge in [0.1, 0.15) is 19.8 Å². The second-order valence-corrected chi connectivity index (χ2v) is 6.59. The van der Waals surface area contributed by atoms with Gasteiger partial charge in [0.25, 0.3) is 0 Å². The number of fused-ring (bicyclic) bond motifs is 1. The van der Waals surface area contributed by atoms with Crippen LogP contribution in [-0.2, 0) is 14.9 Å². The highest BCUT2D eigenvalue weighted by Gasteiger charge is 2.44. The highest BCUT2D eigenvalue weighted by Crippen LogP contribution is 2.45. The fourth-order valence-electron chi connectivity index (χ4n) is 3.39. The Balaban J connectivity index is 1.81. The minimum atomic E-state index is -0.526. The van der Waals surface area contributed by atoms with Crippen LogP contribution in [0.15, 0.2) is 18.2 Å². The van der Waals surface area contributed by atoms with Gasteiger partial charge in [0.05, 0.1) is 5.41 Å². The molecule has 1 heterocycles. The van der Waals surface area contributed by atoms with Crippen LogP contribution in [0.3, 0.4) is 0 Å². The van der Waals surface area contributed by atoms with Crippen molar-refractivity contribution in [3.63, 3.8) is 0 Å². The lowest BCUT2D eigenvalue weighted by atomic mass is 9.78. The Hall–Kier alpha value is -1.75. The fourth-order valence-corrected chi connectivity index (χ4v) is 3.39. The van der Waals surface area contributed by atoms with Crippen molar-refractivity contribution in [1.29, 1.82) is 0 Å². The maximum Gasteiger partial charge on any atom is 0.316 e. The molecule has 0 N–H and O–H groups in total. The third kappa shape index (κ3) is 3.29. The monoisotopic (exact) mass is 319 g/mol. The van der Waals surface area contributed by atoms with Gasteiger partial charge in [-0.05, 0) is 44.6 Å². The minimum absolute atomic E-state index is 0.103. The number of esters is 1. The first-order chi connectivity index (χ1) is 11.1. The predicted octanol–water partition coefficient (Wildman–Crippen LogP) is 2.37. The molecule has 0 unspecified atom stereocenters. The van der Waals surface area contributed by atoms with Crippen molar-refractivity contribution in [2.24, 2.45) is 0 Å². The molecule has 0 amide bonds. The zero-order valence-electron chi connectivity index (χ0n) is 14.0. The first-order valence-electron chi connectivity index (χ1n) is 8.34. The van der Waals surface area contributed by atoms with Gasteiger partial charge in [-0.25, -0.2) is 0 Å². The molecule has 1 saturated carbocycles. The Morgan fingerprint density at radius 1 is 1.17 bits per heavy atom. The van der Waals surface area contributed by atoms with Crippen LogP contribution in [0.4, 0.5) is 0 Å². The SMILES string of the molecule is CN(C)CCOC(=O)C1(c2ccc3c(c2)OCCO3)CCCC1. The normalized spacial score (nSPS) is 18.9. The van der Waals surface area contributed by atoms with E-state index in [1.165, 1.54) is 0 Å². The average molecular weight is 319 g/mol. The van der Waals surface area contributed by atoms with E-state index in [-0.39, 0.29) is 5.97 Å². The van der Waals surface area contributed by atoms with Crippen molar-refractivity contribution in [1.82, 2.24) is 4.90 Å². The number of likely N-dealkylation sites (N-methyl/N-ethyl adjacent to an activating group) is 1. The van der Waals surface area contributed by atoms with Gasteiger partial charge in [0.15, 0.2) is 11.5 Å². The van der Waals surface area contributed by atoms with E-state index in [2.05, 4.69) is 0 Å². The first-order valence-corrected chi connectivity index (χ1v) is 8.34. The van der Waals surface area contributed by atoms with Gasteiger partial charge < -0.3 is 19.1 Å². The number of hydrogen-bond acceptors (Lipinski definition) is 5. The Morgan fingerprint density at radius 2 is 1.87 bits per heavy atom. The van der Waals surface area contributed by atoms with Crippen molar-refractivity contribution >= 4 is 5.97 Å². The smallest absolute Gasteiger partial charge is 0.316 e. The molecule has 0 radical (unpaired) electrons. The minimum Gasteiger partial charge on any atom is -0.486 e. The van der Waals surface area contributed by atoms with E-state index in [0.29, 0.717) is 19.8 Å². The topological polar surface area (TPSA) is 48.0 Å². The number of hydrogen-bond donors (Lipinski definition) is 0. The summed E-state index contributed by atoms with van der Waals surface area (Å²) in [5, 5.41) is 0. The van der Waals surface area contributed by atoms with Gasteiger partial charge in [0, 0.05) is 6.54 Å². The van der Waals surface area contributed by atoms with Crippen molar-refractivity contribution in [2.45, 2.75) is 31.1 Å². The Morgan fingerprint density at radius 3 is 2.57 bits per heavy atom. The van der Waals surface area contributed by atoms with Crippen LogP contribution in [0.25, 0.3) is 0 Å². The van der Waals surface area contributed by atoms with E-state index < -0.39 is 5.41 Å². The highest BCUT2D eigenvalue weighted by atomic mass is 16.6. The molecule has 126 valence electrons. The van der Waals surface area contributed by atoms with Crippen LogP contribution in [0.5, 0.6) is 11.5 Å². The quantitative estimate of drug-likeness (QED) is 0.780. The summed E-state index contributed by atoms with van der Waals surface area (Å²) in [4.78, 5) is 14.8. The summed E-state index contributed by atoms with van der Waals surface area (Å²) in [6, 6.07) is 5.87. The zero-order chi connectivity index (χ0) is 16.3. The molecule has 1 aromatic rings.